The summed E-state index contributed by atoms with van der Waals surface area (Å²) in [6, 6.07) is 0.582. The van der Waals surface area contributed by atoms with Gasteiger partial charge in [0, 0.05) is 37.4 Å². The van der Waals surface area contributed by atoms with Crippen LogP contribution in [0.15, 0.2) is 12.4 Å². The summed E-state index contributed by atoms with van der Waals surface area (Å²) in [5, 5.41) is 13.1. The second kappa shape index (κ2) is 6.00. The Morgan fingerprint density at radius 1 is 1.61 bits per heavy atom. The Hall–Kier alpha value is -1.36. The molecule has 1 fully saturated rings. The molecule has 0 unspecified atom stereocenters. The summed E-state index contributed by atoms with van der Waals surface area (Å²) in [4.78, 5) is 12.9. The first-order valence-electron chi connectivity index (χ1n) is 6.66. The maximum atomic E-state index is 10.6. The molecule has 5 heteroatoms. The van der Waals surface area contributed by atoms with Gasteiger partial charge >= 0.3 is 5.97 Å². The highest BCUT2D eigenvalue weighted by molar-refractivity contribution is 5.66. The minimum Gasteiger partial charge on any atom is -0.481 e. The van der Waals surface area contributed by atoms with Gasteiger partial charge in [0.1, 0.15) is 0 Å². The molecular formula is C13H21N3O2. The summed E-state index contributed by atoms with van der Waals surface area (Å²) in [5.74, 6) is -0.720. The number of carboxylic acids is 1. The smallest absolute Gasteiger partial charge is 0.304 e. The van der Waals surface area contributed by atoms with Crippen LogP contribution in [-0.4, -0.2) is 38.3 Å². The van der Waals surface area contributed by atoms with E-state index in [0.29, 0.717) is 12.6 Å². The van der Waals surface area contributed by atoms with Gasteiger partial charge < -0.3 is 5.11 Å². The zero-order chi connectivity index (χ0) is 13.0. The summed E-state index contributed by atoms with van der Waals surface area (Å²) in [7, 11) is 0. The molecule has 2 rings (SSSR count). The van der Waals surface area contributed by atoms with Gasteiger partial charge in [-0.1, -0.05) is 6.92 Å². The number of aryl methyl sites for hydroxylation is 1. The fourth-order valence-corrected chi connectivity index (χ4v) is 2.14. The number of hydrogen-bond acceptors (Lipinski definition) is 3. The van der Waals surface area contributed by atoms with E-state index in [-0.39, 0.29) is 6.42 Å². The standard InChI is InChI=1S/C13H21N3O2/c1-2-6-16-10-11(8-14-16)9-15(12-3-4-12)7-5-13(17)18/h8,10,12H,2-7,9H2,1H3,(H,17,18). The molecule has 0 aliphatic heterocycles. The minimum absolute atomic E-state index is 0.222. The van der Waals surface area contributed by atoms with Crippen LogP contribution in [-0.2, 0) is 17.9 Å². The van der Waals surface area contributed by atoms with E-state index in [1.165, 1.54) is 18.4 Å². The summed E-state index contributed by atoms with van der Waals surface area (Å²) < 4.78 is 1.96. The van der Waals surface area contributed by atoms with Crippen LogP contribution in [0.1, 0.15) is 38.2 Å². The van der Waals surface area contributed by atoms with Gasteiger partial charge in [0.05, 0.1) is 12.6 Å². The predicted molar refractivity (Wildman–Crippen MR) is 68.2 cm³/mol. The van der Waals surface area contributed by atoms with Gasteiger partial charge in [0.25, 0.3) is 0 Å². The van der Waals surface area contributed by atoms with E-state index >= 15 is 0 Å². The lowest BCUT2D eigenvalue weighted by Crippen LogP contribution is -2.28. The zero-order valence-corrected chi connectivity index (χ0v) is 10.9. The number of hydrogen-bond donors (Lipinski definition) is 1. The maximum absolute atomic E-state index is 10.6. The van der Waals surface area contributed by atoms with Gasteiger partial charge in [-0.3, -0.25) is 14.4 Å². The third kappa shape index (κ3) is 3.84. The molecule has 0 amide bonds. The molecule has 1 aromatic heterocycles. The van der Waals surface area contributed by atoms with E-state index in [1.54, 1.807) is 0 Å². The monoisotopic (exact) mass is 251 g/mol. The van der Waals surface area contributed by atoms with Gasteiger partial charge in [-0.05, 0) is 19.3 Å². The number of carboxylic acid groups (broad SMARTS) is 1. The number of aromatic nitrogens is 2. The van der Waals surface area contributed by atoms with E-state index in [9.17, 15) is 4.79 Å². The Balaban J connectivity index is 1.88. The largest absolute Gasteiger partial charge is 0.481 e. The Morgan fingerprint density at radius 2 is 2.39 bits per heavy atom. The van der Waals surface area contributed by atoms with Crippen LogP contribution < -0.4 is 0 Å². The van der Waals surface area contributed by atoms with Crippen LogP contribution >= 0.6 is 0 Å². The van der Waals surface area contributed by atoms with Crippen molar-refractivity contribution in [2.75, 3.05) is 6.54 Å². The minimum atomic E-state index is -0.720. The molecule has 1 aromatic rings. The molecule has 5 nitrogen and oxygen atoms in total. The first-order chi connectivity index (χ1) is 8.69. The van der Waals surface area contributed by atoms with Gasteiger partial charge in [-0.25, -0.2) is 0 Å². The van der Waals surface area contributed by atoms with Gasteiger partial charge in [0.15, 0.2) is 0 Å². The maximum Gasteiger partial charge on any atom is 0.304 e. The third-order valence-electron chi connectivity index (χ3n) is 3.20. The average molecular weight is 251 g/mol. The molecule has 18 heavy (non-hydrogen) atoms. The first kappa shape index (κ1) is 13.1. The molecule has 100 valence electrons. The van der Waals surface area contributed by atoms with Crippen molar-refractivity contribution in [3.8, 4) is 0 Å². The molecule has 0 spiro atoms. The Kier molecular flexibility index (Phi) is 4.36. The van der Waals surface area contributed by atoms with E-state index in [1.807, 2.05) is 10.9 Å². The number of carbonyl (C=O) groups is 1. The molecule has 1 aliphatic carbocycles. The van der Waals surface area contributed by atoms with Crippen LogP contribution in [0.2, 0.25) is 0 Å². The second-order valence-electron chi connectivity index (χ2n) is 4.96. The SMILES string of the molecule is CCCn1cc(CN(CCC(=O)O)C2CC2)cn1. The average Bonchev–Trinajstić information content (AvgIpc) is 3.07. The van der Waals surface area contributed by atoms with E-state index in [2.05, 4.69) is 23.1 Å². The molecule has 0 saturated heterocycles. The summed E-state index contributed by atoms with van der Waals surface area (Å²) >= 11 is 0. The van der Waals surface area contributed by atoms with E-state index in [0.717, 1.165) is 19.5 Å². The van der Waals surface area contributed by atoms with Crippen LogP contribution in [0.4, 0.5) is 0 Å². The quantitative estimate of drug-likeness (QED) is 0.764. The highest BCUT2D eigenvalue weighted by Gasteiger charge is 2.29. The van der Waals surface area contributed by atoms with Crippen LogP contribution in [0.3, 0.4) is 0 Å². The molecule has 1 saturated carbocycles. The molecule has 1 heterocycles. The van der Waals surface area contributed by atoms with Crippen molar-refractivity contribution in [1.82, 2.24) is 14.7 Å². The Labute approximate surface area is 107 Å². The zero-order valence-electron chi connectivity index (χ0n) is 10.9. The topological polar surface area (TPSA) is 58.4 Å². The van der Waals surface area contributed by atoms with Crippen molar-refractivity contribution >= 4 is 5.97 Å². The molecule has 1 N–H and O–H groups in total. The Bertz CT molecular complexity index is 399. The first-order valence-corrected chi connectivity index (χ1v) is 6.66. The van der Waals surface area contributed by atoms with Crippen molar-refractivity contribution < 1.29 is 9.90 Å². The normalized spacial score (nSPS) is 15.2. The van der Waals surface area contributed by atoms with Crippen LogP contribution in [0.25, 0.3) is 0 Å². The van der Waals surface area contributed by atoms with Crippen molar-refractivity contribution in [3.63, 3.8) is 0 Å². The third-order valence-corrected chi connectivity index (χ3v) is 3.20. The number of rotatable bonds is 8. The second-order valence-corrected chi connectivity index (χ2v) is 4.96. The van der Waals surface area contributed by atoms with Gasteiger partial charge in [-0.15, -0.1) is 0 Å². The molecule has 0 atom stereocenters. The van der Waals surface area contributed by atoms with Crippen molar-refractivity contribution in [1.29, 1.82) is 0 Å². The van der Waals surface area contributed by atoms with Crippen molar-refractivity contribution in [3.05, 3.63) is 18.0 Å². The van der Waals surface area contributed by atoms with E-state index < -0.39 is 5.97 Å². The highest BCUT2D eigenvalue weighted by atomic mass is 16.4. The lowest BCUT2D eigenvalue weighted by Gasteiger charge is -2.20. The van der Waals surface area contributed by atoms with Crippen LogP contribution in [0, 0.1) is 0 Å². The highest BCUT2D eigenvalue weighted by Crippen LogP contribution is 2.28. The van der Waals surface area contributed by atoms with Gasteiger partial charge in [-0.2, -0.15) is 5.10 Å². The number of nitrogens with zero attached hydrogens (tertiary/aromatic N) is 3. The fourth-order valence-electron chi connectivity index (χ4n) is 2.14. The fraction of sp³-hybridized carbons (Fsp3) is 0.692. The van der Waals surface area contributed by atoms with Crippen LogP contribution in [0.5, 0.6) is 0 Å². The molecular weight excluding hydrogens is 230 g/mol. The Morgan fingerprint density at radius 3 is 3.00 bits per heavy atom. The molecule has 0 bridgehead atoms. The van der Waals surface area contributed by atoms with Crippen molar-refractivity contribution in [2.24, 2.45) is 0 Å². The predicted octanol–water partition coefficient (Wildman–Crippen LogP) is 1.73. The molecule has 0 aromatic carbocycles. The lowest BCUT2D eigenvalue weighted by molar-refractivity contribution is -0.137. The molecule has 1 aliphatic rings. The lowest BCUT2D eigenvalue weighted by atomic mass is 10.3. The summed E-state index contributed by atoms with van der Waals surface area (Å²) in [6.07, 6.45) is 7.66. The summed E-state index contributed by atoms with van der Waals surface area (Å²) in [5.41, 5.74) is 1.18. The summed E-state index contributed by atoms with van der Waals surface area (Å²) in [6.45, 7) is 4.53. The van der Waals surface area contributed by atoms with Crippen molar-refractivity contribution in [2.45, 2.75) is 51.7 Å². The molecule has 0 radical (unpaired) electrons. The number of aliphatic carboxylic acids is 1. The van der Waals surface area contributed by atoms with Gasteiger partial charge in [0.2, 0.25) is 0 Å². The van der Waals surface area contributed by atoms with E-state index in [4.69, 9.17) is 5.11 Å².